The molecule has 364 valence electrons. The second-order valence-electron chi connectivity index (χ2n) is 20.5. The Labute approximate surface area is 413 Å². The minimum absolute atomic E-state index is 0.211. The molecule has 0 aliphatic carbocycles. The van der Waals surface area contributed by atoms with Crippen LogP contribution in [0.15, 0.2) is 87.7 Å². The van der Waals surface area contributed by atoms with E-state index < -0.39 is 25.2 Å². The van der Waals surface area contributed by atoms with Crippen LogP contribution in [0, 0.1) is 0 Å². The quantitative estimate of drug-likeness (QED) is 0.167. The Morgan fingerprint density at radius 1 is 0.463 bits per heavy atom. The average Bonchev–Trinajstić information content (AvgIpc) is 3.20. The summed E-state index contributed by atoms with van der Waals surface area (Å²) < 4.78 is 44.4. The number of fused-ring (bicyclic) bond motifs is 2. The first-order valence-electron chi connectivity index (χ1n) is 22.5. The summed E-state index contributed by atoms with van der Waals surface area (Å²) in [5, 5.41) is 20.2. The predicted molar refractivity (Wildman–Crippen MR) is 267 cm³/mol. The van der Waals surface area contributed by atoms with Gasteiger partial charge in [-0.1, -0.05) is 136 Å². The second kappa shape index (κ2) is 21.9. The first kappa shape index (κ1) is 52.7. The summed E-state index contributed by atoms with van der Waals surface area (Å²) in [6.07, 6.45) is 0. The van der Waals surface area contributed by atoms with Crippen LogP contribution >= 0.6 is 47.0 Å². The number of hydrogen-bond donors (Lipinski definition) is 2. The van der Waals surface area contributed by atoms with E-state index >= 15 is 0 Å². The van der Waals surface area contributed by atoms with Crippen molar-refractivity contribution >= 4 is 59.0 Å². The smallest absolute Gasteiger partial charge is 0.341 e. The molecular weight excluding hydrogens is 929 g/mol. The summed E-state index contributed by atoms with van der Waals surface area (Å²) >= 11 is 5.85. The molecule has 67 heavy (non-hydrogen) atoms. The van der Waals surface area contributed by atoms with Crippen LogP contribution in [0.25, 0.3) is 0 Å². The van der Waals surface area contributed by atoms with E-state index in [0.29, 0.717) is 64.1 Å². The van der Waals surface area contributed by atoms with Crippen LogP contribution in [0.2, 0.25) is 0 Å². The summed E-state index contributed by atoms with van der Waals surface area (Å²) in [5.41, 5.74) is 2.75. The van der Waals surface area contributed by atoms with E-state index in [1.165, 1.54) is 47.0 Å². The minimum Gasteiger partial charge on any atom is -0.489 e. The summed E-state index contributed by atoms with van der Waals surface area (Å²) in [7, 11) is 0. The molecule has 15 heteroatoms. The Morgan fingerprint density at radius 2 is 0.806 bits per heavy atom. The standard InChI is InChI=1S/C52H66O11S4/c1-49(2,3)31-23-36-44-37(24-31)66-40-27-33(51(7,8)9)28-41(46(40)63-30-43(55)56)67-48-34(52(10,11)12)13-14-35(47(48)61-22-20-59-18-16-57-15-17-58-19-21-60-44)64-38-25-32(50(4,5)6)26-39(65-36)45(38)62-29-42(53)54/h13-14,23-28H,15-22,29-30H2,1-12H3,(H,53,54)(H,55,56). The molecule has 0 unspecified atom stereocenters. The third-order valence-corrected chi connectivity index (χ3v) is 15.1. The molecule has 2 aliphatic rings. The van der Waals surface area contributed by atoms with Gasteiger partial charge in [0.2, 0.25) is 0 Å². The Balaban J connectivity index is 1.80. The van der Waals surface area contributed by atoms with Crippen molar-refractivity contribution in [3.8, 4) is 23.0 Å². The lowest BCUT2D eigenvalue weighted by molar-refractivity contribution is -0.140. The third kappa shape index (κ3) is 14.0. The third-order valence-electron chi connectivity index (χ3n) is 10.8. The summed E-state index contributed by atoms with van der Waals surface area (Å²) in [6.45, 7) is 27.3. The van der Waals surface area contributed by atoms with Crippen LogP contribution < -0.4 is 18.9 Å². The first-order chi connectivity index (χ1) is 31.4. The van der Waals surface area contributed by atoms with Gasteiger partial charge in [-0.2, -0.15) is 0 Å². The van der Waals surface area contributed by atoms with Gasteiger partial charge in [-0.15, -0.1) is 0 Å². The molecule has 2 N–H and O–H groups in total. The van der Waals surface area contributed by atoms with E-state index in [1.54, 1.807) is 0 Å². The first-order valence-corrected chi connectivity index (χ1v) is 25.8. The molecule has 0 saturated carbocycles. The topological polar surface area (TPSA) is 139 Å². The summed E-state index contributed by atoms with van der Waals surface area (Å²) in [4.78, 5) is 30.7. The van der Waals surface area contributed by atoms with Crippen molar-refractivity contribution < 1.29 is 53.0 Å². The highest BCUT2D eigenvalue weighted by Gasteiger charge is 2.32. The lowest BCUT2D eigenvalue weighted by atomic mass is 9.87. The van der Waals surface area contributed by atoms with E-state index in [9.17, 15) is 19.8 Å². The van der Waals surface area contributed by atoms with Gasteiger partial charge < -0.3 is 43.4 Å². The highest BCUT2D eigenvalue weighted by molar-refractivity contribution is 8.01. The molecule has 0 amide bonds. The van der Waals surface area contributed by atoms with Gasteiger partial charge in [0.05, 0.1) is 78.8 Å². The normalized spacial score (nSPS) is 15.8. The fraction of sp³-hybridized carbons (Fsp3) is 0.500. The van der Waals surface area contributed by atoms with Gasteiger partial charge in [-0.3, -0.25) is 0 Å². The Hall–Kier alpha value is -3.70. The monoisotopic (exact) mass is 994 g/mol. The number of carbonyl (C=O) groups is 2. The minimum atomic E-state index is -1.10. The number of benzene rings is 4. The molecule has 6 rings (SSSR count). The van der Waals surface area contributed by atoms with Crippen LogP contribution in [0.4, 0.5) is 0 Å². The van der Waals surface area contributed by atoms with Crippen molar-refractivity contribution in [3.05, 3.63) is 70.8 Å². The molecule has 11 nitrogen and oxygen atoms in total. The van der Waals surface area contributed by atoms with Crippen molar-refractivity contribution in [1.29, 1.82) is 0 Å². The maximum absolute atomic E-state index is 12.4. The van der Waals surface area contributed by atoms with E-state index in [-0.39, 0.29) is 48.1 Å². The molecule has 0 radical (unpaired) electrons. The highest BCUT2D eigenvalue weighted by atomic mass is 32.2. The Bertz CT molecular complexity index is 2420. The zero-order valence-electron chi connectivity index (χ0n) is 40.9. The number of hydrogen-bond acceptors (Lipinski definition) is 13. The van der Waals surface area contributed by atoms with Gasteiger partial charge in [0.1, 0.15) is 36.2 Å². The van der Waals surface area contributed by atoms with Crippen LogP contribution in [-0.4, -0.2) is 88.2 Å². The fourth-order valence-corrected chi connectivity index (χ4v) is 12.1. The molecule has 4 aromatic rings. The van der Waals surface area contributed by atoms with Gasteiger partial charge in [-0.05, 0) is 86.4 Å². The molecule has 4 aromatic carbocycles. The molecule has 2 aliphatic heterocycles. The van der Waals surface area contributed by atoms with Crippen LogP contribution in [0.3, 0.4) is 0 Å². The lowest BCUT2D eigenvalue weighted by Gasteiger charge is -2.29. The number of ether oxygens (including phenoxy) is 7. The predicted octanol–water partition coefficient (Wildman–Crippen LogP) is 12.5. The summed E-state index contributed by atoms with van der Waals surface area (Å²) in [6, 6.07) is 16.8. The van der Waals surface area contributed by atoms with Gasteiger partial charge in [0, 0.05) is 0 Å². The largest absolute Gasteiger partial charge is 0.489 e. The molecule has 0 spiro atoms. The van der Waals surface area contributed by atoms with Crippen molar-refractivity contribution in [3.63, 3.8) is 0 Å². The Kier molecular flexibility index (Phi) is 17.2. The maximum atomic E-state index is 12.4. The van der Waals surface area contributed by atoms with E-state index in [0.717, 1.165) is 46.7 Å². The molecule has 2 heterocycles. The molecule has 0 saturated heterocycles. The van der Waals surface area contributed by atoms with E-state index in [4.69, 9.17) is 33.2 Å². The SMILES string of the molecule is CC(C)(C)c1cc2c3c(c1)Sc1cc(C(C)(C)C)cc(c1OCC(=O)O)Sc1c(C(C)(C)C)ccc(c1OCCOCCOCCOCCO3)Sc1cc(C(C)(C)C)cc(c1OCC(=O)O)S2. The highest BCUT2D eigenvalue weighted by Crippen LogP contribution is 2.57. The zero-order chi connectivity index (χ0) is 48.9. The zero-order valence-corrected chi connectivity index (χ0v) is 44.2. The lowest BCUT2D eigenvalue weighted by Crippen LogP contribution is -2.17. The second-order valence-corrected chi connectivity index (χ2v) is 24.8. The summed E-state index contributed by atoms with van der Waals surface area (Å²) in [5.74, 6) is -0.149. The van der Waals surface area contributed by atoms with Crippen molar-refractivity contribution in [2.24, 2.45) is 0 Å². The van der Waals surface area contributed by atoms with Crippen molar-refractivity contribution in [2.75, 3.05) is 66.1 Å². The fourth-order valence-electron chi connectivity index (χ4n) is 7.04. The van der Waals surface area contributed by atoms with Gasteiger partial charge >= 0.3 is 11.9 Å². The van der Waals surface area contributed by atoms with Gasteiger partial charge in [0.25, 0.3) is 0 Å². The maximum Gasteiger partial charge on any atom is 0.341 e. The molecular formula is C52H66O11S4. The molecule has 0 aromatic heterocycles. The van der Waals surface area contributed by atoms with Gasteiger partial charge in [-0.25, -0.2) is 9.59 Å². The van der Waals surface area contributed by atoms with Crippen LogP contribution in [0.1, 0.15) is 105 Å². The average molecular weight is 995 g/mol. The Morgan fingerprint density at radius 3 is 1.18 bits per heavy atom. The van der Waals surface area contributed by atoms with Crippen LogP contribution in [-0.2, 0) is 45.5 Å². The van der Waals surface area contributed by atoms with Crippen molar-refractivity contribution in [1.82, 2.24) is 0 Å². The van der Waals surface area contributed by atoms with Gasteiger partial charge in [0.15, 0.2) is 13.2 Å². The van der Waals surface area contributed by atoms with Crippen molar-refractivity contribution in [2.45, 2.75) is 144 Å². The number of rotatable bonds is 6. The number of carboxylic acid groups (broad SMARTS) is 2. The number of aliphatic carboxylic acids is 2. The number of carboxylic acids is 2. The molecule has 10 bridgehead atoms. The van der Waals surface area contributed by atoms with E-state index in [2.05, 4.69) is 132 Å². The molecule has 0 fully saturated rings. The van der Waals surface area contributed by atoms with E-state index in [1.807, 2.05) is 0 Å². The molecule has 0 atom stereocenters. The van der Waals surface area contributed by atoms with Crippen LogP contribution in [0.5, 0.6) is 23.0 Å².